The molecule has 4 aromatic rings. The normalized spacial score (nSPS) is 16.7. The summed E-state index contributed by atoms with van der Waals surface area (Å²) in [6, 6.07) is 5.00. The Morgan fingerprint density at radius 3 is 2.41 bits per heavy atom. The second-order valence-electron chi connectivity index (χ2n) is 11.3. The van der Waals surface area contributed by atoms with Crippen LogP contribution in [0, 0.1) is 6.92 Å². The molecule has 2 atom stereocenters. The van der Waals surface area contributed by atoms with Gasteiger partial charge in [-0.3, -0.25) is 14.2 Å². The van der Waals surface area contributed by atoms with E-state index in [0.29, 0.717) is 11.3 Å². The maximum atomic E-state index is 13.8. The van der Waals surface area contributed by atoms with Crippen LogP contribution in [0.4, 0.5) is 18.0 Å². The summed E-state index contributed by atoms with van der Waals surface area (Å²) in [7, 11) is 0. The average molecular weight is 570 g/mol. The highest BCUT2D eigenvalue weighted by Crippen LogP contribution is 2.38. The number of benzene rings is 1. The molecule has 0 N–H and O–H groups in total. The summed E-state index contributed by atoms with van der Waals surface area (Å²) < 4.78 is 50.7. The van der Waals surface area contributed by atoms with Crippen LogP contribution < -0.4 is 5.56 Å². The Morgan fingerprint density at radius 2 is 1.80 bits per heavy atom. The van der Waals surface area contributed by atoms with Crippen LogP contribution in [-0.2, 0) is 17.5 Å². The number of imidazole rings is 1. The van der Waals surface area contributed by atoms with Gasteiger partial charge < -0.3 is 18.8 Å². The molecule has 0 radical (unpaired) electrons. The van der Waals surface area contributed by atoms with Crippen molar-refractivity contribution in [3.63, 3.8) is 0 Å². The summed E-state index contributed by atoms with van der Waals surface area (Å²) in [4.78, 5) is 45.9. The Labute approximate surface area is 233 Å². The first kappa shape index (κ1) is 28.2. The number of hydrogen-bond donors (Lipinski definition) is 0. The SMILES string of the molecule is Cc1cn(-c2ccc3n(c2=O)CC(C)N(C(C)c2cn(C(=O)OC(C)(C)C)c4ccc(C(F)(F)F)cc24)C3=O)cn1. The van der Waals surface area contributed by atoms with Crippen LogP contribution in [0.15, 0.2) is 53.8 Å². The van der Waals surface area contributed by atoms with Crippen LogP contribution in [0.25, 0.3) is 16.6 Å². The zero-order chi connectivity index (χ0) is 30.0. The van der Waals surface area contributed by atoms with Crippen molar-refractivity contribution in [2.75, 3.05) is 0 Å². The topological polar surface area (TPSA) is 91.4 Å². The Morgan fingerprint density at radius 1 is 1.10 bits per heavy atom. The molecule has 3 aromatic heterocycles. The standard InChI is InChI=1S/C29H30F3N5O4/c1-16-12-34(15-33-16)23-9-10-24-26(39)37(17(2)13-35(24)25(23)38)18(3)21-14-36(27(40)41-28(4,5)6)22-8-7-19(11-20(21)22)29(30,31)32/h7-12,14-15,17-18H,13H2,1-6H3. The van der Waals surface area contributed by atoms with Gasteiger partial charge in [0.25, 0.3) is 11.5 Å². The molecule has 0 saturated heterocycles. The third-order valence-electron chi connectivity index (χ3n) is 7.14. The maximum Gasteiger partial charge on any atom is 0.419 e. The molecule has 1 aliphatic heterocycles. The highest BCUT2D eigenvalue weighted by atomic mass is 19.4. The molecule has 41 heavy (non-hydrogen) atoms. The molecule has 9 nitrogen and oxygen atoms in total. The summed E-state index contributed by atoms with van der Waals surface area (Å²) in [5.74, 6) is -0.452. The predicted molar refractivity (Wildman–Crippen MR) is 145 cm³/mol. The predicted octanol–water partition coefficient (Wildman–Crippen LogP) is 5.70. The van der Waals surface area contributed by atoms with Gasteiger partial charge in [-0.15, -0.1) is 0 Å². The Hall–Kier alpha value is -4.35. The lowest BCUT2D eigenvalue weighted by molar-refractivity contribution is -0.137. The fraction of sp³-hybridized carbons (Fsp3) is 0.379. The van der Waals surface area contributed by atoms with E-state index in [1.54, 1.807) is 64.4 Å². The number of nitrogens with zero attached hydrogens (tertiary/aromatic N) is 5. The van der Waals surface area contributed by atoms with Crippen LogP contribution in [0.1, 0.15) is 68.0 Å². The highest BCUT2D eigenvalue weighted by Gasteiger charge is 2.37. The number of fused-ring (bicyclic) bond motifs is 2. The van der Waals surface area contributed by atoms with Crippen LogP contribution in [0.2, 0.25) is 0 Å². The summed E-state index contributed by atoms with van der Waals surface area (Å²) in [6.45, 7) is 10.5. The first-order valence-corrected chi connectivity index (χ1v) is 13.1. The van der Waals surface area contributed by atoms with E-state index < -0.39 is 41.4 Å². The second-order valence-corrected chi connectivity index (χ2v) is 11.3. The van der Waals surface area contributed by atoms with E-state index in [1.807, 2.05) is 0 Å². The minimum absolute atomic E-state index is 0.160. The number of aromatic nitrogens is 4. The minimum Gasteiger partial charge on any atom is -0.443 e. The second kappa shape index (κ2) is 9.64. The van der Waals surface area contributed by atoms with Crippen molar-refractivity contribution in [1.29, 1.82) is 0 Å². The number of aryl methyl sites for hydroxylation is 1. The molecule has 5 rings (SSSR count). The lowest BCUT2D eigenvalue weighted by atomic mass is 10.0. The van der Waals surface area contributed by atoms with E-state index in [2.05, 4.69) is 4.98 Å². The Kier molecular flexibility index (Phi) is 6.62. The maximum absolute atomic E-state index is 13.8. The zero-order valence-electron chi connectivity index (χ0n) is 23.5. The molecule has 12 heteroatoms. The summed E-state index contributed by atoms with van der Waals surface area (Å²) in [5, 5.41) is 0.173. The molecule has 4 heterocycles. The van der Waals surface area contributed by atoms with E-state index in [-0.39, 0.29) is 28.7 Å². The number of carbonyl (C=O) groups is 2. The quantitative estimate of drug-likeness (QED) is 0.316. The fourth-order valence-corrected chi connectivity index (χ4v) is 5.30. The monoisotopic (exact) mass is 569 g/mol. The number of amides is 1. The number of carbonyl (C=O) groups excluding carboxylic acids is 2. The number of ether oxygens (including phenoxy) is 1. The van der Waals surface area contributed by atoms with Gasteiger partial charge in [-0.05, 0) is 71.9 Å². The van der Waals surface area contributed by atoms with E-state index in [9.17, 15) is 27.6 Å². The van der Waals surface area contributed by atoms with E-state index in [4.69, 9.17) is 4.74 Å². The zero-order valence-corrected chi connectivity index (χ0v) is 23.5. The summed E-state index contributed by atoms with van der Waals surface area (Å²) >= 11 is 0. The van der Waals surface area contributed by atoms with Gasteiger partial charge >= 0.3 is 12.3 Å². The molecule has 2 unspecified atom stereocenters. The highest BCUT2D eigenvalue weighted by molar-refractivity contribution is 5.96. The van der Waals surface area contributed by atoms with Crippen LogP contribution in [-0.4, -0.2) is 47.2 Å². The van der Waals surface area contributed by atoms with Crippen molar-refractivity contribution >= 4 is 22.9 Å². The number of rotatable bonds is 3. The lowest BCUT2D eigenvalue weighted by Crippen LogP contribution is -2.50. The molecule has 1 aliphatic rings. The van der Waals surface area contributed by atoms with Crippen molar-refractivity contribution in [3.05, 3.63) is 81.9 Å². The molecular formula is C29H30F3N5O4. The van der Waals surface area contributed by atoms with Crippen LogP contribution in [0.3, 0.4) is 0 Å². The molecule has 0 bridgehead atoms. The number of pyridine rings is 1. The van der Waals surface area contributed by atoms with Crippen molar-refractivity contribution in [2.24, 2.45) is 0 Å². The molecule has 1 amide bonds. The number of hydrogen-bond acceptors (Lipinski definition) is 5. The third-order valence-corrected chi connectivity index (χ3v) is 7.14. The Bertz CT molecular complexity index is 1740. The van der Waals surface area contributed by atoms with Gasteiger partial charge in [-0.25, -0.2) is 9.78 Å². The largest absolute Gasteiger partial charge is 0.443 e. The molecule has 0 saturated carbocycles. The van der Waals surface area contributed by atoms with Gasteiger partial charge in [-0.1, -0.05) is 0 Å². The average Bonchev–Trinajstić information content (AvgIpc) is 3.46. The van der Waals surface area contributed by atoms with Crippen molar-refractivity contribution in [3.8, 4) is 5.69 Å². The number of halogens is 3. The van der Waals surface area contributed by atoms with E-state index in [0.717, 1.165) is 17.8 Å². The molecule has 0 fully saturated rings. The van der Waals surface area contributed by atoms with Gasteiger partial charge in [-0.2, -0.15) is 13.2 Å². The molecule has 0 spiro atoms. The van der Waals surface area contributed by atoms with Gasteiger partial charge in [0.05, 0.1) is 29.1 Å². The first-order valence-electron chi connectivity index (χ1n) is 13.1. The molecule has 216 valence electrons. The molecular weight excluding hydrogens is 539 g/mol. The third kappa shape index (κ3) is 5.02. The van der Waals surface area contributed by atoms with Crippen molar-refractivity contribution < 1.29 is 27.5 Å². The van der Waals surface area contributed by atoms with Gasteiger partial charge in [0.15, 0.2) is 0 Å². The first-order chi connectivity index (χ1) is 19.1. The summed E-state index contributed by atoms with van der Waals surface area (Å²) in [5.41, 5.74) is -0.268. The Balaban J connectivity index is 1.59. The van der Waals surface area contributed by atoms with E-state index in [1.165, 1.54) is 32.6 Å². The van der Waals surface area contributed by atoms with Gasteiger partial charge in [0, 0.05) is 35.9 Å². The van der Waals surface area contributed by atoms with Crippen molar-refractivity contribution in [1.82, 2.24) is 23.6 Å². The minimum atomic E-state index is -4.61. The van der Waals surface area contributed by atoms with Gasteiger partial charge in [0.2, 0.25) is 0 Å². The van der Waals surface area contributed by atoms with E-state index >= 15 is 0 Å². The van der Waals surface area contributed by atoms with Crippen LogP contribution >= 0.6 is 0 Å². The lowest BCUT2D eigenvalue weighted by Gasteiger charge is -2.39. The van der Waals surface area contributed by atoms with Gasteiger partial charge in [0.1, 0.15) is 17.0 Å². The molecule has 0 aliphatic carbocycles. The summed E-state index contributed by atoms with van der Waals surface area (Å²) in [6.07, 6.45) is -0.699. The van der Waals surface area contributed by atoms with Crippen molar-refractivity contribution in [2.45, 2.75) is 71.9 Å². The molecule has 1 aromatic carbocycles. The fourth-order valence-electron chi connectivity index (χ4n) is 5.30. The smallest absolute Gasteiger partial charge is 0.419 e. The number of alkyl halides is 3. The van der Waals surface area contributed by atoms with Crippen LogP contribution in [0.5, 0.6) is 0 Å².